The molecule has 10 heteroatoms. The predicted molar refractivity (Wildman–Crippen MR) is 93.0 cm³/mol. The Kier molecular flexibility index (Phi) is 5.38. The topological polar surface area (TPSA) is 68.0 Å². The highest BCUT2D eigenvalue weighted by Gasteiger charge is 2.38. The van der Waals surface area contributed by atoms with Crippen molar-refractivity contribution < 1.29 is 22.5 Å². The molecule has 1 amide bonds. The first kappa shape index (κ1) is 19.2. The van der Waals surface area contributed by atoms with Crippen molar-refractivity contribution in [3.05, 3.63) is 75.4 Å². The molecule has 5 nitrogen and oxygen atoms in total. The maximum atomic E-state index is 12.5. The second-order valence-electron chi connectivity index (χ2n) is 5.47. The van der Waals surface area contributed by atoms with Gasteiger partial charge in [0.05, 0.1) is 10.7 Å². The minimum atomic E-state index is -4.68. The van der Waals surface area contributed by atoms with Crippen LogP contribution in [-0.2, 0) is 12.6 Å². The van der Waals surface area contributed by atoms with Crippen molar-refractivity contribution in [1.82, 2.24) is 10.1 Å². The van der Waals surface area contributed by atoms with Crippen LogP contribution >= 0.6 is 23.2 Å². The highest BCUT2D eigenvalue weighted by atomic mass is 35.5. The Labute approximate surface area is 161 Å². The van der Waals surface area contributed by atoms with E-state index in [0.717, 1.165) is 0 Å². The van der Waals surface area contributed by atoms with Gasteiger partial charge in [0.25, 0.3) is 5.91 Å². The molecule has 1 heterocycles. The monoisotopic (exact) mass is 415 g/mol. The summed E-state index contributed by atoms with van der Waals surface area (Å²) >= 11 is 11.8. The van der Waals surface area contributed by atoms with Gasteiger partial charge in [-0.15, -0.1) is 0 Å². The molecule has 0 saturated heterocycles. The average Bonchev–Trinajstić information content (AvgIpc) is 3.07. The number of anilines is 1. The molecule has 0 saturated carbocycles. The van der Waals surface area contributed by atoms with Gasteiger partial charge in [-0.2, -0.15) is 18.2 Å². The summed E-state index contributed by atoms with van der Waals surface area (Å²) in [6, 6.07) is 10.9. The van der Waals surface area contributed by atoms with Crippen molar-refractivity contribution in [2.75, 3.05) is 5.32 Å². The number of carbonyl (C=O) groups excluding carboxylic acids is 1. The lowest BCUT2D eigenvalue weighted by Crippen LogP contribution is -2.12. The number of hydrogen-bond acceptors (Lipinski definition) is 4. The molecule has 0 atom stereocenters. The second kappa shape index (κ2) is 7.58. The van der Waals surface area contributed by atoms with E-state index >= 15 is 0 Å². The van der Waals surface area contributed by atoms with Crippen LogP contribution in [0.5, 0.6) is 0 Å². The Bertz CT molecular complexity index is 972. The van der Waals surface area contributed by atoms with E-state index in [9.17, 15) is 18.0 Å². The van der Waals surface area contributed by atoms with E-state index in [0.29, 0.717) is 26.9 Å². The highest BCUT2D eigenvalue weighted by Crippen LogP contribution is 2.28. The summed E-state index contributed by atoms with van der Waals surface area (Å²) in [4.78, 5) is 15.6. The van der Waals surface area contributed by atoms with Crippen LogP contribution in [0.4, 0.5) is 18.9 Å². The Morgan fingerprint density at radius 1 is 1.11 bits per heavy atom. The third-order valence-corrected chi connectivity index (χ3v) is 4.02. The third kappa shape index (κ3) is 4.78. The van der Waals surface area contributed by atoms with Crippen molar-refractivity contribution in [1.29, 1.82) is 0 Å². The Morgan fingerprint density at radius 2 is 1.81 bits per heavy atom. The van der Waals surface area contributed by atoms with Crippen molar-refractivity contribution in [2.24, 2.45) is 0 Å². The molecular weight excluding hydrogens is 406 g/mol. The standard InChI is InChI=1S/C17H10Cl2F3N3O2/c18-11-5-6-13(12(19)8-11)23-15(26)10-3-1-9(2-4-10)7-14-24-16(27-25-14)17(20,21)22/h1-6,8H,7H2,(H,23,26). The number of hydrogen-bond donors (Lipinski definition) is 1. The lowest BCUT2D eigenvalue weighted by atomic mass is 10.1. The Morgan fingerprint density at radius 3 is 2.41 bits per heavy atom. The van der Waals surface area contributed by atoms with Crippen LogP contribution < -0.4 is 5.32 Å². The summed E-state index contributed by atoms with van der Waals surface area (Å²) < 4.78 is 41.5. The zero-order chi connectivity index (χ0) is 19.6. The number of carbonyl (C=O) groups is 1. The third-order valence-electron chi connectivity index (χ3n) is 3.47. The van der Waals surface area contributed by atoms with Gasteiger partial charge in [0, 0.05) is 17.0 Å². The minimum absolute atomic E-state index is 0.0322. The maximum absolute atomic E-state index is 12.5. The fourth-order valence-electron chi connectivity index (χ4n) is 2.18. The lowest BCUT2D eigenvalue weighted by Gasteiger charge is -2.08. The molecule has 140 valence electrons. The van der Waals surface area contributed by atoms with Crippen molar-refractivity contribution in [3.63, 3.8) is 0 Å². The van der Waals surface area contributed by atoms with Crippen LogP contribution in [0.15, 0.2) is 47.0 Å². The van der Waals surface area contributed by atoms with Gasteiger partial charge >= 0.3 is 12.1 Å². The van der Waals surface area contributed by atoms with E-state index in [4.69, 9.17) is 23.2 Å². The fourth-order valence-corrected chi connectivity index (χ4v) is 2.64. The van der Waals surface area contributed by atoms with E-state index in [1.165, 1.54) is 18.2 Å². The summed E-state index contributed by atoms with van der Waals surface area (Å²) in [5.74, 6) is -1.90. The van der Waals surface area contributed by atoms with Gasteiger partial charge < -0.3 is 9.84 Å². The van der Waals surface area contributed by atoms with Crippen LogP contribution in [0.2, 0.25) is 10.0 Å². The molecule has 0 aliphatic carbocycles. The lowest BCUT2D eigenvalue weighted by molar-refractivity contribution is -0.159. The first-order valence-corrected chi connectivity index (χ1v) is 8.23. The zero-order valence-corrected chi connectivity index (χ0v) is 14.9. The summed E-state index contributed by atoms with van der Waals surface area (Å²) in [6.07, 6.45) is -4.65. The quantitative estimate of drug-likeness (QED) is 0.632. The molecule has 3 rings (SSSR count). The van der Waals surface area contributed by atoms with E-state index in [2.05, 4.69) is 20.0 Å². The maximum Gasteiger partial charge on any atom is 0.471 e. The van der Waals surface area contributed by atoms with Crippen LogP contribution in [-0.4, -0.2) is 16.0 Å². The van der Waals surface area contributed by atoms with Crippen LogP contribution in [0.1, 0.15) is 27.6 Å². The van der Waals surface area contributed by atoms with E-state index < -0.39 is 18.0 Å². The normalized spacial score (nSPS) is 11.4. The van der Waals surface area contributed by atoms with Crippen LogP contribution in [0.25, 0.3) is 0 Å². The van der Waals surface area contributed by atoms with Gasteiger partial charge in [-0.25, -0.2) is 0 Å². The molecule has 0 spiro atoms. The Balaban J connectivity index is 1.67. The number of nitrogens with one attached hydrogen (secondary N) is 1. The minimum Gasteiger partial charge on any atom is -0.329 e. The molecule has 0 aliphatic rings. The fraction of sp³-hybridized carbons (Fsp3) is 0.118. The molecule has 0 unspecified atom stereocenters. The number of amides is 1. The first-order chi connectivity index (χ1) is 12.7. The summed E-state index contributed by atoms with van der Waals surface area (Å²) in [5, 5.41) is 6.68. The van der Waals surface area contributed by atoms with E-state index in [1.807, 2.05) is 0 Å². The van der Waals surface area contributed by atoms with Gasteiger partial charge in [-0.1, -0.05) is 40.5 Å². The zero-order valence-electron chi connectivity index (χ0n) is 13.3. The molecule has 0 radical (unpaired) electrons. The molecule has 2 aromatic carbocycles. The highest BCUT2D eigenvalue weighted by molar-refractivity contribution is 6.36. The molecular formula is C17H10Cl2F3N3O2. The number of nitrogens with zero attached hydrogens (tertiary/aromatic N) is 2. The van der Waals surface area contributed by atoms with Crippen molar-refractivity contribution >= 4 is 34.8 Å². The molecule has 27 heavy (non-hydrogen) atoms. The smallest absolute Gasteiger partial charge is 0.329 e. The summed E-state index contributed by atoms with van der Waals surface area (Å²) in [6.45, 7) is 0. The van der Waals surface area contributed by atoms with Gasteiger partial charge in [-0.3, -0.25) is 4.79 Å². The molecule has 0 fully saturated rings. The average molecular weight is 416 g/mol. The first-order valence-electron chi connectivity index (χ1n) is 7.47. The molecule has 1 N–H and O–H groups in total. The van der Waals surface area contributed by atoms with Crippen LogP contribution in [0.3, 0.4) is 0 Å². The number of benzene rings is 2. The second-order valence-corrected chi connectivity index (χ2v) is 6.31. The van der Waals surface area contributed by atoms with Crippen LogP contribution in [0, 0.1) is 0 Å². The summed E-state index contributed by atoms with van der Waals surface area (Å²) in [5.41, 5.74) is 1.36. The Hall–Kier alpha value is -2.58. The number of halogens is 5. The molecule has 0 bridgehead atoms. The van der Waals surface area contributed by atoms with E-state index in [1.54, 1.807) is 24.3 Å². The van der Waals surface area contributed by atoms with E-state index in [-0.39, 0.29) is 12.2 Å². The van der Waals surface area contributed by atoms with Gasteiger partial charge in [0.1, 0.15) is 0 Å². The van der Waals surface area contributed by atoms with Gasteiger partial charge in [0.2, 0.25) is 0 Å². The van der Waals surface area contributed by atoms with Gasteiger partial charge in [-0.05, 0) is 35.9 Å². The number of rotatable bonds is 4. The van der Waals surface area contributed by atoms with Gasteiger partial charge in [0.15, 0.2) is 5.82 Å². The molecule has 1 aromatic heterocycles. The molecule has 3 aromatic rings. The van der Waals surface area contributed by atoms with Crippen molar-refractivity contribution in [2.45, 2.75) is 12.6 Å². The van der Waals surface area contributed by atoms with Crippen molar-refractivity contribution in [3.8, 4) is 0 Å². The SMILES string of the molecule is O=C(Nc1ccc(Cl)cc1Cl)c1ccc(Cc2noc(C(F)(F)F)n2)cc1. The largest absolute Gasteiger partial charge is 0.471 e. The summed E-state index contributed by atoms with van der Waals surface area (Å²) in [7, 11) is 0. The number of aromatic nitrogens is 2. The number of alkyl halides is 3. The molecule has 0 aliphatic heterocycles. The predicted octanol–water partition coefficient (Wildman–Crippen LogP) is 5.24.